The molecule has 0 aromatic rings. The van der Waals surface area contributed by atoms with Gasteiger partial charge in [0.05, 0.1) is 5.92 Å². The predicted octanol–water partition coefficient (Wildman–Crippen LogP) is 2.11. The van der Waals surface area contributed by atoms with Gasteiger partial charge in [-0.2, -0.15) is 0 Å². The van der Waals surface area contributed by atoms with Crippen molar-refractivity contribution in [2.45, 2.75) is 31.0 Å². The number of esters is 1. The molecule has 0 saturated heterocycles. The van der Waals surface area contributed by atoms with Gasteiger partial charge in [0.2, 0.25) is 0 Å². The molecule has 0 aromatic heterocycles. The molecule has 1 atom stereocenters. The van der Waals surface area contributed by atoms with Gasteiger partial charge >= 0.3 is 5.97 Å². The number of rotatable bonds is 4. The number of alkyl halides is 1. The van der Waals surface area contributed by atoms with Crippen LogP contribution in [0.4, 0.5) is 0 Å². The van der Waals surface area contributed by atoms with Crippen molar-refractivity contribution in [2.24, 2.45) is 5.92 Å². The number of carbonyl (C=O) groups excluding carboxylic acids is 1. The minimum Gasteiger partial charge on any atom is -0.464 e. The molecule has 1 fully saturated rings. The van der Waals surface area contributed by atoms with Gasteiger partial charge in [-0.3, -0.25) is 4.79 Å². The molecule has 1 rings (SSSR count). The van der Waals surface area contributed by atoms with Gasteiger partial charge in [0.1, 0.15) is 6.61 Å². The van der Waals surface area contributed by atoms with Crippen LogP contribution in [0.25, 0.3) is 0 Å². The van der Waals surface area contributed by atoms with Crippen LogP contribution in [0.5, 0.6) is 0 Å². The van der Waals surface area contributed by atoms with E-state index in [9.17, 15) is 4.79 Å². The van der Waals surface area contributed by atoms with Crippen LogP contribution in [0.15, 0.2) is 0 Å². The van der Waals surface area contributed by atoms with Crippen molar-refractivity contribution in [2.75, 3.05) is 6.61 Å². The second-order valence-electron chi connectivity index (χ2n) is 2.91. The fourth-order valence-corrected chi connectivity index (χ4v) is 0.859. The first-order valence-electron chi connectivity index (χ1n) is 4.04. The number of ether oxygens (including phenoxy) is 1. The Hall–Kier alpha value is -0.0500. The van der Waals surface area contributed by atoms with Gasteiger partial charge in [0.25, 0.3) is 0 Å². The molecule has 0 bridgehead atoms. The Morgan fingerprint density at radius 1 is 1.73 bits per heavy atom. The van der Waals surface area contributed by atoms with Crippen molar-refractivity contribution in [3.8, 4) is 0 Å². The van der Waals surface area contributed by atoms with E-state index in [0.717, 1.165) is 19.3 Å². The topological polar surface area (TPSA) is 26.3 Å². The van der Waals surface area contributed by atoms with Crippen molar-refractivity contribution in [3.05, 3.63) is 0 Å². The van der Waals surface area contributed by atoms with Crippen molar-refractivity contribution < 1.29 is 9.53 Å². The van der Waals surface area contributed by atoms with Crippen molar-refractivity contribution in [3.63, 3.8) is 0 Å². The van der Waals surface area contributed by atoms with E-state index in [0.29, 0.717) is 11.4 Å². The van der Waals surface area contributed by atoms with Gasteiger partial charge in [-0.05, 0) is 19.3 Å². The fraction of sp³-hybridized carbons (Fsp3) is 0.875. The van der Waals surface area contributed by atoms with Gasteiger partial charge in [-0.25, -0.2) is 0 Å². The predicted molar refractivity (Wildman–Crippen MR) is 46.7 cm³/mol. The molecule has 11 heavy (non-hydrogen) atoms. The summed E-state index contributed by atoms with van der Waals surface area (Å²) in [5.74, 6) is 0.217. The lowest BCUT2D eigenvalue weighted by Gasteiger charge is -2.06. The molecule has 0 amide bonds. The first-order chi connectivity index (χ1) is 5.24. The minimum atomic E-state index is -0.0112. The summed E-state index contributed by atoms with van der Waals surface area (Å²) in [6, 6.07) is 0. The molecule has 0 heterocycles. The highest BCUT2D eigenvalue weighted by atomic mass is 79.9. The molecule has 1 aliphatic rings. The Bertz CT molecular complexity index is 143. The standard InChI is InChI=1S/C8H13BrO2/c1-2-7(9)5-11-8(10)6-3-4-6/h6-7H,2-5H2,1H3. The molecule has 64 valence electrons. The van der Waals surface area contributed by atoms with Crippen LogP contribution in [-0.4, -0.2) is 17.4 Å². The Balaban J connectivity index is 2.05. The number of hydrogen-bond donors (Lipinski definition) is 0. The summed E-state index contributed by atoms with van der Waals surface area (Å²) in [7, 11) is 0. The summed E-state index contributed by atoms with van der Waals surface area (Å²) in [5, 5.41) is 0. The summed E-state index contributed by atoms with van der Waals surface area (Å²) < 4.78 is 5.03. The zero-order valence-corrected chi connectivity index (χ0v) is 8.26. The zero-order chi connectivity index (χ0) is 8.27. The maximum absolute atomic E-state index is 11.0. The molecular formula is C8H13BrO2. The average molecular weight is 221 g/mol. The molecule has 0 aliphatic heterocycles. The zero-order valence-electron chi connectivity index (χ0n) is 6.68. The van der Waals surface area contributed by atoms with Crippen molar-refractivity contribution >= 4 is 21.9 Å². The van der Waals surface area contributed by atoms with Crippen LogP contribution in [0.3, 0.4) is 0 Å². The van der Waals surface area contributed by atoms with E-state index in [-0.39, 0.29) is 11.9 Å². The van der Waals surface area contributed by atoms with E-state index in [2.05, 4.69) is 22.9 Å². The SMILES string of the molecule is CCC(Br)COC(=O)C1CC1. The normalized spacial score (nSPS) is 19.5. The van der Waals surface area contributed by atoms with Gasteiger partial charge in [0, 0.05) is 4.83 Å². The maximum atomic E-state index is 11.0. The minimum absolute atomic E-state index is 0.0112. The van der Waals surface area contributed by atoms with E-state index >= 15 is 0 Å². The van der Waals surface area contributed by atoms with E-state index in [1.807, 2.05) is 0 Å². The molecular weight excluding hydrogens is 208 g/mol. The van der Waals surface area contributed by atoms with Gasteiger partial charge in [-0.15, -0.1) is 0 Å². The molecule has 0 radical (unpaired) electrons. The molecule has 3 heteroatoms. The smallest absolute Gasteiger partial charge is 0.308 e. The highest BCUT2D eigenvalue weighted by Crippen LogP contribution is 2.30. The third kappa shape index (κ3) is 3.23. The Morgan fingerprint density at radius 3 is 2.82 bits per heavy atom. The van der Waals surface area contributed by atoms with Crippen LogP contribution in [-0.2, 0) is 9.53 Å². The van der Waals surface area contributed by atoms with E-state index < -0.39 is 0 Å². The first-order valence-corrected chi connectivity index (χ1v) is 4.96. The second-order valence-corrected chi connectivity index (χ2v) is 4.20. The molecule has 0 aromatic carbocycles. The molecule has 1 saturated carbocycles. The average Bonchev–Trinajstić information content (AvgIpc) is 2.81. The Morgan fingerprint density at radius 2 is 2.36 bits per heavy atom. The lowest BCUT2D eigenvalue weighted by molar-refractivity contribution is -0.145. The van der Waals surface area contributed by atoms with Crippen LogP contribution >= 0.6 is 15.9 Å². The summed E-state index contributed by atoms with van der Waals surface area (Å²) in [6.07, 6.45) is 3.05. The second kappa shape index (κ2) is 4.10. The highest BCUT2D eigenvalue weighted by molar-refractivity contribution is 9.09. The maximum Gasteiger partial charge on any atom is 0.308 e. The summed E-state index contributed by atoms with van der Waals surface area (Å²) >= 11 is 3.40. The molecule has 0 spiro atoms. The third-order valence-electron chi connectivity index (χ3n) is 1.76. The molecule has 0 N–H and O–H groups in total. The Kier molecular flexibility index (Phi) is 3.37. The molecule has 1 unspecified atom stereocenters. The number of halogens is 1. The van der Waals surface area contributed by atoms with Crippen LogP contribution in [0.1, 0.15) is 26.2 Å². The van der Waals surface area contributed by atoms with Crippen molar-refractivity contribution in [1.82, 2.24) is 0 Å². The lowest BCUT2D eigenvalue weighted by atomic mass is 10.3. The molecule has 2 nitrogen and oxygen atoms in total. The van der Waals surface area contributed by atoms with Gasteiger partial charge in [-0.1, -0.05) is 22.9 Å². The van der Waals surface area contributed by atoms with Gasteiger partial charge < -0.3 is 4.74 Å². The Labute approximate surface area is 75.4 Å². The summed E-state index contributed by atoms with van der Waals surface area (Å²) in [5.41, 5.74) is 0. The quantitative estimate of drug-likeness (QED) is 0.536. The van der Waals surface area contributed by atoms with E-state index in [1.54, 1.807) is 0 Å². The first kappa shape index (κ1) is 9.04. The van der Waals surface area contributed by atoms with Gasteiger partial charge in [0.15, 0.2) is 0 Å². The monoisotopic (exact) mass is 220 g/mol. The van der Waals surface area contributed by atoms with Crippen molar-refractivity contribution in [1.29, 1.82) is 0 Å². The largest absolute Gasteiger partial charge is 0.464 e. The highest BCUT2D eigenvalue weighted by Gasteiger charge is 2.31. The van der Waals surface area contributed by atoms with E-state index in [4.69, 9.17) is 4.74 Å². The molecule has 1 aliphatic carbocycles. The van der Waals surface area contributed by atoms with Crippen LogP contribution in [0, 0.1) is 5.92 Å². The summed E-state index contributed by atoms with van der Waals surface area (Å²) in [6.45, 7) is 2.58. The van der Waals surface area contributed by atoms with Crippen LogP contribution in [0.2, 0.25) is 0 Å². The van der Waals surface area contributed by atoms with Crippen LogP contribution < -0.4 is 0 Å². The fourth-order valence-electron chi connectivity index (χ4n) is 0.727. The summed E-state index contributed by atoms with van der Waals surface area (Å²) in [4.78, 5) is 11.3. The number of carbonyl (C=O) groups is 1. The lowest BCUT2D eigenvalue weighted by Crippen LogP contribution is -2.14. The number of hydrogen-bond acceptors (Lipinski definition) is 2. The third-order valence-corrected chi connectivity index (χ3v) is 2.67. The van der Waals surface area contributed by atoms with E-state index in [1.165, 1.54) is 0 Å².